The fourth-order valence-electron chi connectivity index (χ4n) is 0. The van der Waals surface area contributed by atoms with Gasteiger partial charge in [-0.1, -0.05) is 0 Å². The second-order valence-electron chi connectivity index (χ2n) is 1.63. The summed E-state index contributed by atoms with van der Waals surface area (Å²) in [6.45, 7) is 0. The molecule has 0 rings (SSSR count). The molecule has 0 saturated heterocycles. The quantitative estimate of drug-likeness (QED) is 0.154. The molecular weight excluding hydrogens is 551 g/mol. The van der Waals surface area contributed by atoms with Crippen molar-refractivity contribution in [3.63, 3.8) is 0 Å². The molecule has 0 amide bonds. The maximum Gasteiger partial charge on any atom is 3.00 e. The summed E-state index contributed by atoms with van der Waals surface area (Å²) in [4.78, 5) is 0. The summed E-state index contributed by atoms with van der Waals surface area (Å²) < 4.78 is 136. The Hall–Kier alpha value is 1.04. The second-order valence-corrected chi connectivity index (χ2v) is 4.90. The minimum Gasteiger partial charge on any atom is -0.759 e. The van der Waals surface area contributed by atoms with Crippen LogP contribution in [0, 0.1) is 0 Å². The topological polar surface area (TPSA) is 321 Å². The third kappa shape index (κ3) is 9460. The van der Waals surface area contributed by atoms with Crippen LogP contribution in [-0.4, -0.2) is 70.1 Å². The Kier molecular flexibility index (Phi) is 34.1. The summed E-state index contributed by atoms with van der Waals surface area (Å²) in [6, 6.07) is 0. The maximum absolute atomic E-state index is 8.52. The van der Waals surface area contributed by atoms with Crippen LogP contribution in [0.4, 0.5) is 0 Å². The molecule has 0 N–H and O–H groups in total. The second kappa shape index (κ2) is 17.8. The average molecular weight is 551 g/mol. The van der Waals surface area contributed by atoms with Crippen LogP contribution in [0.5, 0.6) is 0 Å². The fraction of sp³-hybridized carbons (Fsp3) is 0. The average Bonchev–Trinajstić information content (AvgIpc) is 1.62. The predicted octanol–water partition coefficient (Wildman–Crippen LogP) is -5.36. The van der Waals surface area contributed by atoms with Crippen LogP contribution >= 0.6 is 0 Å². The van der Waals surface area contributed by atoms with E-state index in [2.05, 4.69) is 0 Å². The zero-order valence-electron chi connectivity index (χ0n) is 9.25. The molecule has 0 aliphatic heterocycles. The first kappa shape index (κ1) is 43.9. The van der Waals surface area contributed by atoms with Gasteiger partial charge in [-0.05, 0) is 0 Å². The number of rotatable bonds is 0. The zero-order valence-corrected chi connectivity index (χ0v) is 15.9. The standard InChI is InChI=1S/2Fe.Mn.4H2O4S/c;;;4*1-5(2,3)4/h;;;4*(H2,1,2,3,4)/q2*+3;+2;;;;/p-8. The summed E-state index contributed by atoms with van der Waals surface area (Å²) in [5, 5.41) is 0. The molecule has 23 heteroatoms. The minimum atomic E-state index is -5.17. The third-order valence-electron chi connectivity index (χ3n) is 0. The molecule has 0 aromatic rings. The van der Waals surface area contributed by atoms with E-state index in [-0.39, 0.29) is 51.2 Å². The SMILES string of the molecule is O=S(=O)([O-])[O-].O=S(=O)([O-])[O-].O=S(=O)([O-])[O-].O=S(=O)([O-])[O-].[Fe+3].[Fe+3].[Mn+2]. The van der Waals surface area contributed by atoms with E-state index in [1.54, 1.807) is 0 Å². The van der Waals surface area contributed by atoms with E-state index in [1.165, 1.54) is 0 Å². The van der Waals surface area contributed by atoms with Crippen molar-refractivity contribution in [2.75, 3.05) is 0 Å². The van der Waals surface area contributed by atoms with Gasteiger partial charge in [-0.2, -0.15) is 0 Å². The molecule has 0 spiro atoms. The van der Waals surface area contributed by atoms with Crippen molar-refractivity contribution in [3.05, 3.63) is 0 Å². The van der Waals surface area contributed by atoms with Crippen LogP contribution in [0.1, 0.15) is 0 Å². The molecule has 0 saturated carbocycles. The van der Waals surface area contributed by atoms with Gasteiger partial charge in [0, 0.05) is 41.6 Å². The van der Waals surface area contributed by atoms with Gasteiger partial charge in [0.2, 0.25) is 0 Å². The van der Waals surface area contributed by atoms with Gasteiger partial charge in [0.15, 0.2) is 0 Å². The summed E-state index contributed by atoms with van der Waals surface area (Å²) in [5.41, 5.74) is 0. The molecule has 143 valence electrons. The van der Waals surface area contributed by atoms with Gasteiger partial charge in [0.1, 0.15) is 0 Å². The van der Waals surface area contributed by atoms with Crippen molar-refractivity contribution in [1.82, 2.24) is 0 Å². The van der Waals surface area contributed by atoms with Gasteiger partial charge >= 0.3 is 51.2 Å². The van der Waals surface area contributed by atoms with Crippen molar-refractivity contribution in [1.29, 1.82) is 0 Å². The molecule has 0 bridgehead atoms. The Morgan fingerprint density at radius 1 is 0.348 bits per heavy atom. The first-order valence-corrected chi connectivity index (χ1v) is 8.00. The molecule has 0 unspecified atom stereocenters. The molecule has 0 aliphatic rings. The summed E-state index contributed by atoms with van der Waals surface area (Å²) >= 11 is 0. The van der Waals surface area contributed by atoms with Crippen molar-refractivity contribution >= 4 is 41.6 Å². The molecule has 0 aliphatic carbocycles. The minimum absolute atomic E-state index is 0. The largest absolute Gasteiger partial charge is 3.00 e. The molecule has 0 aromatic heterocycles. The molecule has 3 radical (unpaired) electrons. The first-order chi connectivity index (χ1) is 8.00. The van der Waals surface area contributed by atoms with E-state index < -0.39 is 41.6 Å². The number of hydrogen-bond acceptors (Lipinski definition) is 16. The van der Waals surface area contributed by atoms with E-state index in [0.717, 1.165) is 0 Å². The molecule has 16 nitrogen and oxygen atoms in total. The van der Waals surface area contributed by atoms with Gasteiger partial charge < -0.3 is 36.4 Å². The normalized spacial score (nSPS) is 10.1. The Morgan fingerprint density at radius 3 is 0.348 bits per heavy atom. The first-order valence-electron chi connectivity index (χ1n) is 2.67. The molecule has 0 atom stereocenters. The Labute approximate surface area is 162 Å². The van der Waals surface area contributed by atoms with Crippen molar-refractivity contribution in [2.24, 2.45) is 0 Å². The van der Waals surface area contributed by atoms with Crippen molar-refractivity contribution in [3.8, 4) is 0 Å². The Bertz CT molecular complexity index is 483. The smallest absolute Gasteiger partial charge is 0.759 e. The van der Waals surface area contributed by atoms with E-state index in [1.807, 2.05) is 0 Å². The van der Waals surface area contributed by atoms with Gasteiger partial charge in [-0.25, -0.2) is 0 Å². The van der Waals surface area contributed by atoms with Gasteiger partial charge in [0.25, 0.3) is 0 Å². The fourth-order valence-corrected chi connectivity index (χ4v) is 0. The Balaban J connectivity index is -0.0000000284. The zero-order chi connectivity index (χ0) is 18.0. The number of hydrogen-bond donors (Lipinski definition) is 0. The van der Waals surface area contributed by atoms with Crippen LogP contribution in [0.15, 0.2) is 0 Å². The van der Waals surface area contributed by atoms with E-state index in [0.29, 0.717) is 0 Å². The maximum atomic E-state index is 8.52. The van der Waals surface area contributed by atoms with E-state index in [9.17, 15) is 0 Å². The van der Waals surface area contributed by atoms with Gasteiger partial charge in [-0.15, -0.1) is 0 Å². The van der Waals surface area contributed by atoms with Gasteiger partial charge in [-0.3, -0.25) is 33.7 Å². The molecule has 0 fully saturated rings. The monoisotopic (exact) mass is 551 g/mol. The molecule has 0 heterocycles. The molecule has 0 aromatic carbocycles. The summed E-state index contributed by atoms with van der Waals surface area (Å²) in [5.74, 6) is 0. The van der Waals surface area contributed by atoms with Crippen molar-refractivity contribution < 1.29 is 121 Å². The van der Waals surface area contributed by atoms with Crippen molar-refractivity contribution in [2.45, 2.75) is 0 Å². The third-order valence-corrected chi connectivity index (χ3v) is 0. The summed E-state index contributed by atoms with van der Waals surface area (Å²) in [6.07, 6.45) is 0. The van der Waals surface area contributed by atoms with Crippen LogP contribution in [0.25, 0.3) is 0 Å². The van der Waals surface area contributed by atoms with E-state index in [4.69, 9.17) is 70.1 Å². The van der Waals surface area contributed by atoms with E-state index >= 15 is 0 Å². The molecule has 23 heavy (non-hydrogen) atoms. The summed E-state index contributed by atoms with van der Waals surface area (Å²) in [7, 11) is -20.7. The van der Waals surface area contributed by atoms with Crippen LogP contribution in [-0.2, 0) is 92.8 Å². The van der Waals surface area contributed by atoms with Gasteiger partial charge in [0.05, 0.1) is 0 Å². The van der Waals surface area contributed by atoms with Crippen LogP contribution < -0.4 is 0 Å². The predicted molar refractivity (Wildman–Crippen MR) is 41.9 cm³/mol. The Morgan fingerprint density at radius 2 is 0.348 bits per heavy atom. The molecular formula is Fe2MnO16S4. The van der Waals surface area contributed by atoms with Crippen LogP contribution in [0.2, 0.25) is 0 Å². The van der Waals surface area contributed by atoms with Crippen LogP contribution in [0.3, 0.4) is 0 Å².